The van der Waals surface area contributed by atoms with Crippen LogP contribution in [-0.2, 0) is 24.3 Å². The normalized spacial score (nSPS) is 14.6. The second-order valence-electron chi connectivity index (χ2n) is 7.59. The lowest BCUT2D eigenvalue weighted by Crippen LogP contribution is -2.42. The Balaban J connectivity index is 1.55. The second kappa shape index (κ2) is 10.5. The topological polar surface area (TPSA) is 102 Å². The van der Waals surface area contributed by atoms with Crippen LogP contribution >= 0.6 is 0 Å². The molecule has 2 aromatic rings. The number of hydrogen-bond donors (Lipinski definition) is 1. The number of piperidine rings is 1. The molecule has 1 fully saturated rings. The Kier molecular flexibility index (Phi) is 7.74. The average Bonchev–Trinajstić information content (AvgIpc) is 2.78. The van der Waals surface area contributed by atoms with Crippen molar-refractivity contribution in [2.24, 2.45) is 5.92 Å². The van der Waals surface area contributed by atoms with Crippen LogP contribution in [0, 0.1) is 12.8 Å². The van der Waals surface area contributed by atoms with Gasteiger partial charge in [-0.1, -0.05) is 18.2 Å². The van der Waals surface area contributed by atoms with Gasteiger partial charge in [-0.25, -0.2) is 8.42 Å². The molecule has 0 aliphatic carbocycles. The molecule has 1 N–H and O–H groups in total. The maximum Gasteiger partial charge on any atom is 0.309 e. The number of benzene rings is 2. The number of carbonyl (C=O) groups excluding carboxylic acids is 2. The number of ether oxygens (including phenoxy) is 2. The maximum absolute atomic E-state index is 12.6. The Morgan fingerprint density at radius 1 is 1.09 bits per heavy atom. The molecular formula is C23H28N2O6S. The van der Waals surface area contributed by atoms with Crippen LogP contribution in [0.2, 0.25) is 0 Å². The Hall–Kier alpha value is -3.07. The number of rotatable bonds is 8. The Labute approximate surface area is 188 Å². The molecule has 0 atom stereocenters. The van der Waals surface area contributed by atoms with Gasteiger partial charge < -0.3 is 14.4 Å². The van der Waals surface area contributed by atoms with E-state index in [9.17, 15) is 18.0 Å². The first kappa shape index (κ1) is 23.6. The zero-order valence-corrected chi connectivity index (χ0v) is 19.1. The highest BCUT2D eigenvalue weighted by atomic mass is 32.2. The molecular weight excluding hydrogens is 432 g/mol. The minimum atomic E-state index is -3.74. The first-order valence-electron chi connectivity index (χ1n) is 10.6. The van der Waals surface area contributed by atoms with E-state index in [1.165, 1.54) is 12.1 Å². The molecule has 1 aliphatic heterocycles. The van der Waals surface area contributed by atoms with Gasteiger partial charge in [0, 0.05) is 18.8 Å². The highest BCUT2D eigenvalue weighted by Crippen LogP contribution is 2.24. The van der Waals surface area contributed by atoms with Crippen molar-refractivity contribution in [1.29, 1.82) is 0 Å². The van der Waals surface area contributed by atoms with E-state index in [-0.39, 0.29) is 29.3 Å². The molecule has 32 heavy (non-hydrogen) atoms. The number of aryl methyl sites for hydroxylation is 1. The number of esters is 1. The van der Waals surface area contributed by atoms with Crippen molar-refractivity contribution in [1.82, 2.24) is 4.90 Å². The number of nitrogens with zero attached hydrogens (tertiary/aromatic N) is 1. The maximum atomic E-state index is 12.6. The molecule has 8 nitrogen and oxygen atoms in total. The van der Waals surface area contributed by atoms with E-state index in [1.54, 1.807) is 55.1 Å². The summed E-state index contributed by atoms with van der Waals surface area (Å²) in [7, 11) is -3.74. The highest BCUT2D eigenvalue weighted by Gasteiger charge is 2.28. The summed E-state index contributed by atoms with van der Waals surface area (Å²) in [6, 6.07) is 13.1. The van der Waals surface area contributed by atoms with Crippen molar-refractivity contribution in [2.45, 2.75) is 31.6 Å². The molecule has 0 aromatic heterocycles. The monoisotopic (exact) mass is 460 g/mol. The van der Waals surface area contributed by atoms with Crippen LogP contribution in [0.4, 0.5) is 5.69 Å². The Bertz CT molecular complexity index is 1050. The first-order valence-corrected chi connectivity index (χ1v) is 12.0. The Morgan fingerprint density at radius 2 is 1.78 bits per heavy atom. The van der Waals surface area contributed by atoms with Crippen molar-refractivity contribution >= 4 is 27.6 Å². The molecule has 0 radical (unpaired) electrons. The lowest BCUT2D eigenvalue weighted by atomic mass is 9.97. The molecule has 0 saturated carbocycles. The van der Waals surface area contributed by atoms with Gasteiger partial charge in [0.25, 0.3) is 15.9 Å². The quantitative estimate of drug-likeness (QED) is 0.608. The van der Waals surface area contributed by atoms with Crippen LogP contribution in [0.25, 0.3) is 0 Å². The number of para-hydroxylation sites is 1. The minimum absolute atomic E-state index is 0.110. The molecule has 0 spiro atoms. The molecule has 1 aliphatic rings. The fourth-order valence-electron chi connectivity index (χ4n) is 3.53. The minimum Gasteiger partial charge on any atom is -0.483 e. The van der Waals surface area contributed by atoms with Gasteiger partial charge in [-0.3, -0.25) is 14.3 Å². The smallest absolute Gasteiger partial charge is 0.309 e. The zero-order chi connectivity index (χ0) is 23.1. The number of anilines is 1. The van der Waals surface area contributed by atoms with Crippen LogP contribution in [0.1, 0.15) is 25.3 Å². The van der Waals surface area contributed by atoms with E-state index >= 15 is 0 Å². The number of likely N-dealkylation sites (tertiary alicyclic amines) is 1. The predicted octanol–water partition coefficient (Wildman–Crippen LogP) is 2.98. The number of carbonyl (C=O) groups is 2. The summed E-state index contributed by atoms with van der Waals surface area (Å²) >= 11 is 0. The molecule has 1 heterocycles. The number of sulfonamides is 1. The van der Waals surface area contributed by atoms with Gasteiger partial charge in [-0.2, -0.15) is 0 Å². The van der Waals surface area contributed by atoms with Crippen molar-refractivity contribution in [3.8, 4) is 5.75 Å². The van der Waals surface area contributed by atoms with Gasteiger partial charge in [-0.05, 0) is 62.6 Å². The first-order chi connectivity index (χ1) is 15.3. The van der Waals surface area contributed by atoms with Crippen molar-refractivity contribution < 1.29 is 27.5 Å². The molecule has 172 valence electrons. The van der Waals surface area contributed by atoms with Crippen molar-refractivity contribution in [2.75, 3.05) is 31.0 Å². The lowest BCUT2D eigenvalue weighted by Gasteiger charge is -2.30. The lowest BCUT2D eigenvalue weighted by molar-refractivity contribution is -0.151. The van der Waals surface area contributed by atoms with Crippen LogP contribution in [0.5, 0.6) is 5.75 Å². The highest BCUT2D eigenvalue weighted by molar-refractivity contribution is 7.92. The van der Waals surface area contributed by atoms with Crippen LogP contribution < -0.4 is 9.46 Å². The third kappa shape index (κ3) is 6.00. The number of hydrogen-bond acceptors (Lipinski definition) is 6. The van der Waals surface area contributed by atoms with E-state index in [0.717, 1.165) is 0 Å². The van der Waals surface area contributed by atoms with Gasteiger partial charge in [0.15, 0.2) is 6.61 Å². The molecule has 1 saturated heterocycles. The summed E-state index contributed by atoms with van der Waals surface area (Å²) < 4.78 is 38.4. The second-order valence-corrected chi connectivity index (χ2v) is 9.28. The predicted molar refractivity (Wildman–Crippen MR) is 120 cm³/mol. The average molecular weight is 461 g/mol. The summed E-state index contributed by atoms with van der Waals surface area (Å²) in [5.41, 5.74) is 1.08. The molecule has 9 heteroatoms. The van der Waals surface area contributed by atoms with Crippen molar-refractivity contribution in [3.63, 3.8) is 0 Å². The summed E-state index contributed by atoms with van der Waals surface area (Å²) in [5, 5.41) is 0. The van der Waals surface area contributed by atoms with Crippen LogP contribution in [-0.4, -0.2) is 51.5 Å². The third-order valence-electron chi connectivity index (χ3n) is 5.30. The number of amides is 1. The zero-order valence-electron chi connectivity index (χ0n) is 18.2. The van der Waals surface area contributed by atoms with Crippen LogP contribution in [0.15, 0.2) is 53.4 Å². The fourth-order valence-corrected chi connectivity index (χ4v) is 4.67. The summed E-state index contributed by atoms with van der Waals surface area (Å²) in [4.78, 5) is 26.1. The standard InChI is InChI=1S/C23H28N2O6S/c1-3-30-23(27)18-11-13-25(14-12-18)22(26)16-31-21-10-9-20(15-17(21)2)32(28,29)24-19-7-5-4-6-8-19/h4-10,15,18,24H,3,11-14,16H2,1-2H3. The van der Waals surface area contributed by atoms with E-state index in [0.29, 0.717) is 49.5 Å². The van der Waals surface area contributed by atoms with Gasteiger partial charge in [0.05, 0.1) is 17.4 Å². The summed E-state index contributed by atoms with van der Waals surface area (Å²) in [6.07, 6.45) is 1.15. The van der Waals surface area contributed by atoms with E-state index < -0.39 is 10.0 Å². The van der Waals surface area contributed by atoms with E-state index in [1.807, 2.05) is 0 Å². The Morgan fingerprint density at radius 3 is 2.41 bits per heavy atom. The number of nitrogens with one attached hydrogen (secondary N) is 1. The third-order valence-corrected chi connectivity index (χ3v) is 6.68. The van der Waals surface area contributed by atoms with E-state index in [2.05, 4.69) is 4.72 Å². The molecule has 1 amide bonds. The van der Waals surface area contributed by atoms with Gasteiger partial charge >= 0.3 is 5.97 Å². The largest absolute Gasteiger partial charge is 0.483 e. The van der Waals surface area contributed by atoms with Crippen LogP contribution in [0.3, 0.4) is 0 Å². The van der Waals surface area contributed by atoms with Gasteiger partial charge in [0.1, 0.15) is 5.75 Å². The SMILES string of the molecule is CCOC(=O)C1CCN(C(=O)COc2ccc(S(=O)(=O)Nc3ccccc3)cc2C)CC1. The molecule has 2 aromatic carbocycles. The molecule has 0 unspecified atom stereocenters. The molecule has 0 bridgehead atoms. The molecule has 3 rings (SSSR count). The van der Waals surface area contributed by atoms with Crippen molar-refractivity contribution in [3.05, 3.63) is 54.1 Å². The van der Waals surface area contributed by atoms with Gasteiger partial charge in [0.2, 0.25) is 0 Å². The summed E-state index contributed by atoms with van der Waals surface area (Å²) in [5.74, 6) is -0.100. The fraction of sp³-hybridized carbons (Fsp3) is 0.391. The van der Waals surface area contributed by atoms with E-state index in [4.69, 9.17) is 9.47 Å². The van der Waals surface area contributed by atoms with Gasteiger partial charge in [-0.15, -0.1) is 0 Å². The summed E-state index contributed by atoms with van der Waals surface area (Å²) in [6.45, 7) is 4.66.